The van der Waals surface area contributed by atoms with Crippen LogP contribution in [0.5, 0.6) is 0 Å². The summed E-state index contributed by atoms with van der Waals surface area (Å²) in [4.78, 5) is 63.5. The maximum atomic E-state index is 14.5. The Bertz CT molecular complexity index is 3320. The molecule has 0 aliphatic carbocycles. The van der Waals surface area contributed by atoms with E-state index >= 15 is 0 Å². The zero-order chi connectivity index (χ0) is 42.0. The third-order valence-corrected chi connectivity index (χ3v) is 10.1. The van der Waals surface area contributed by atoms with Gasteiger partial charge in [0, 0.05) is 6.20 Å². The topological polar surface area (TPSA) is 190 Å². The van der Waals surface area contributed by atoms with Gasteiger partial charge in [0.25, 0.3) is 11.1 Å². The molecule has 15 nitrogen and oxygen atoms in total. The van der Waals surface area contributed by atoms with E-state index in [1.54, 1.807) is 43.1 Å². The van der Waals surface area contributed by atoms with Gasteiger partial charge in [0.05, 0.1) is 58.0 Å². The number of halogens is 2. The maximum Gasteiger partial charge on any atom is 0.269 e. The molecule has 2 atom stereocenters. The lowest BCUT2D eigenvalue weighted by molar-refractivity contribution is 0.628. The Labute approximate surface area is 344 Å². The number of hydrogen-bond donors (Lipinski definition) is 4. The summed E-state index contributed by atoms with van der Waals surface area (Å²) in [5, 5.41) is 6.85. The first kappa shape index (κ1) is 38.3. The molecule has 17 heteroatoms. The summed E-state index contributed by atoms with van der Waals surface area (Å²) < 4.78 is 31.3. The molecule has 0 radical (unpaired) electrons. The monoisotopic (exact) mass is 815 g/mol. The van der Waals surface area contributed by atoms with Crippen molar-refractivity contribution in [3.8, 4) is 11.4 Å². The number of fused-ring (bicyclic) bond motifs is 4. The highest BCUT2D eigenvalue weighted by atomic mass is 19.1. The number of para-hydroxylation sites is 2. The third kappa shape index (κ3) is 7.28. The van der Waals surface area contributed by atoms with Gasteiger partial charge in [-0.25, -0.2) is 43.7 Å². The largest absolute Gasteiger partial charge is 0.359 e. The van der Waals surface area contributed by atoms with E-state index in [0.717, 1.165) is 5.52 Å². The zero-order valence-corrected chi connectivity index (χ0v) is 32.6. The molecule has 0 spiro atoms. The Balaban J connectivity index is 0.000000156. The summed E-state index contributed by atoms with van der Waals surface area (Å²) in [6.45, 7) is 3.87. The highest BCUT2D eigenvalue weighted by Crippen LogP contribution is 2.27. The number of aromatic nitrogens is 11. The van der Waals surface area contributed by atoms with Gasteiger partial charge in [-0.2, -0.15) is 0 Å². The lowest BCUT2D eigenvalue weighted by Crippen LogP contribution is -2.28. The second-order valence-electron chi connectivity index (χ2n) is 13.9. The minimum absolute atomic E-state index is 0.0389. The first-order valence-corrected chi connectivity index (χ1v) is 19.3. The van der Waals surface area contributed by atoms with E-state index in [1.807, 2.05) is 68.4 Å². The third-order valence-electron chi connectivity index (χ3n) is 10.1. The number of nitrogens with zero attached hydrogens (tertiary/aromatic N) is 9. The quantitative estimate of drug-likeness (QED) is 0.112. The molecule has 0 bridgehead atoms. The van der Waals surface area contributed by atoms with Gasteiger partial charge in [-0.3, -0.25) is 18.7 Å². The number of anilines is 2. The zero-order valence-electron chi connectivity index (χ0n) is 32.6. The summed E-state index contributed by atoms with van der Waals surface area (Å²) in [5.41, 5.74) is 3.93. The van der Waals surface area contributed by atoms with Crippen LogP contribution in [0.3, 0.4) is 0 Å². The second-order valence-corrected chi connectivity index (χ2v) is 13.9. The van der Waals surface area contributed by atoms with Crippen molar-refractivity contribution in [2.75, 3.05) is 10.6 Å². The van der Waals surface area contributed by atoms with Crippen LogP contribution < -0.4 is 21.8 Å². The number of pyridine rings is 1. The fraction of sp³-hybridized carbons (Fsp3) is 0.114. The molecular weight excluding hydrogens is 781 g/mol. The van der Waals surface area contributed by atoms with E-state index in [1.165, 1.54) is 39.7 Å². The van der Waals surface area contributed by atoms with Crippen LogP contribution in [0.1, 0.15) is 44.0 Å². The molecule has 0 saturated heterocycles. The van der Waals surface area contributed by atoms with Crippen LogP contribution in [0.2, 0.25) is 0 Å². The Morgan fingerprint density at radius 1 is 0.689 bits per heavy atom. The van der Waals surface area contributed by atoms with E-state index in [0.29, 0.717) is 68.8 Å². The highest BCUT2D eigenvalue weighted by Gasteiger charge is 2.24. The van der Waals surface area contributed by atoms with Crippen LogP contribution in [-0.4, -0.2) is 54.0 Å². The van der Waals surface area contributed by atoms with Crippen molar-refractivity contribution in [3.05, 3.63) is 172 Å². The number of aromatic amines is 2. The van der Waals surface area contributed by atoms with Crippen molar-refractivity contribution in [1.82, 2.24) is 54.0 Å². The van der Waals surface area contributed by atoms with Gasteiger partial charge >= 0.3 is 0 Å². The van der Waals surface area contributed by atoms with Gasteiger partial charge in [-0.05, 0) is 74.0 Å². The summed E-state index contributed by atoms with van der Waals surface area (Å²) >= 11 is 0. The predicted molar refractivity (Wildman–Crippen MR) is 229 cm³/mol. The predicted octanol–water partition coefficient (Wildman–Crippen LogP) is 7.72. The van der Waals surface area contributed by atoms with Crippen LogP contribution in [0.15, 0.2) is 138 Å². The van der Waals surface area contributed by atoms with Gasteiger partial charge in [-0.1, -0.05) is 49.4 Å². The minimum atomic E-state index is -0.595. The van der Waals surface area contributed by atoms with Crippen molar-refractivity contribution in [2.45, 2.75) is 32.4 Å². The van der Waals surface area contributed by atoms with Crippen molar-refractivity contribution in [1.29, 1.82) is 0 Å². The van der Waals surface area contributed by atoms with Crippen molar-refractivity contribution >= 4 is 55.6 Å². The minimum Gasteiger partial charge on any atom is -0.359 e. The van der Waals surface area contributed by atoms with Crippen LogP contribution >= 0.6 is 0 Å². The van der Waals surface area contributed by atoms with Crippen LogP contribution in [-0.2, 0) is 0 Å². The molecular formula is C44H35F2N13O2. The summed E-state index contributed by atoms with van der Waals surface area (Å²) in [6, 6.07) is 27.8. The fourth-order valence-corrected chi connectivity index (χ4v) is 7.19. The summed E-state index contributed by atoms with van der Waals surface area (Å²) in [6.07, 6.45) is 6.84. The summed E-state index contributed by atoms with van der Waals surface area (Å²) in [5.74, 6) is 0.996. The van der Waals surface area contributed by atoms with Crippen LogP contribution in [0, 0.1) is 11.6 Å². The Hall–Kier alpha value is -8.21. The molecule has 0 aliphatic rings. The molecule has 0 fully saturated rings. The first-order chi connectivity index (χ1) is 29.8. The number of nitrogens with one attached hydrogen (secondary N) is 4. The van der Waals surface area contributed by atoms with Crippen LogP contribution in [0.4, 0.5) is 20.4 Å². The maximum absolute atomic E-state index is 14.5. The lowest BCUT2D eigenvalue weighted by Gasteiger charge is -2.22. The molecule has 10 aromatic rings. The smallest absolute Gasteiger partial charge is 0.269 e. The van der Waals surface area contributed by atoms with Crippen molar-refractivity contribution < 1.29 is 8.78 Å². The second kappa shape index (κ2) is 16.2. The first-order valence-electron chi connectivity index (χ1n) is 19.3. The number of rotatable bonds is 9. The van der Waals surface area contributed by atoms with E-state index in [-0.39, 0.29) is 28.4 Å². The molecule has 6 heterocycles. The van der Waals surface area contributed by atoms with E-state index in [2.05, 4.69) is 45.5 Å². The Morgan fingerprint density at radius 3 is 2.16 bits per heavy atom. The fourth-order valence-electron chi connectivity index (χ4n) is 7.19. The molecule has 6 aromatic heterocycles. The van der Waals surface area contributed by atoms with Gasteiger partial charge in [0.1, 0.15) is 46.0 Å². The van der Waals surface area contributed by atoms with Gasteiger partial charge < -0.3 is 20.6 Å². The molecule has 4 aromatic carbocycles. The van der Waals surface area contributed by atoms with E-state index in [4.69, 9.17) is 9.97 Å². The average Bonchev–Trinajstić information content (AvgIpc) is 3.98. The normalized spacial score (nSPS) is 12.3. The van der Waals surface area contributed by atoms with E-state index in [9.17, 15) is 18.4 Å². The number of H-pyrrole nitrogens is 2. The molecule has 61 heavy (non-hydrogen) atoms. The Morgan fingerprint density at radius 2 is 1.41 bits per heavy atom. The molecule has 0 aliphatic heterocycles. The highest BCUT2D eigenvalue weighted by molar-refractivity contribution is 5.85. The molecule has 0 saturated carbocycles. The van der Waals surface area contributed by atoms with Gasteiger partial charge in [0.2, 0.25) is 0 Å². The van der Waals surface area contributed by atoms with Gasteiger partial charge in [-0.15, -0.1) is 0 Å². The molecule has 0 unspecified atom stereocenters. The van der Waals surface area contributed by atoms with Crippen LogP contribution in [0.25, 0.3) is 55.4 Å². The standard InChI is InChI=1S/C22H18FN7O.C22H17FN6O/c1-2-15(28-20-18-19(25-11-24-18)26-12-27-20)21-29-16-10-6-9-14(23)17(16)22(31)30(21)13-7-4-3-5-8-13;1-13(27-20-19-18(9-10-24-20)25-12-26-19)21-28-17-8-7-14(23)11-16(17)22(30)29(21)15-5-3-2-4-6-15/h3-12,15H,2H2,1H3,(H2,24,25,26,27,28);2-13H,1H3,(H,24,27)(H,25,26)/t15-;13-/m00/s1. The number of imidazole rings is 2. The van der Waals surface area contributed by atoms with Crippen molar-refractivity contribution in [2.24, 2.45) is 0 Å². The van der Waals surface area contributed by atoms with Crippen molar-refractivity contribution in [3.63, 3.8) is 0 Å². The number of benzene rings is 4. The SMILES string of the molecule is CC[C@H](Nc1ncnc2nc[nH]c12)c1nc2cccc(F)c2c(=O)n1-c1ccccc1.C[C@H](Nc1nccc2[nH]cnc12)c1nc2ccc(F)cc2c(=O)n1-c1ccccc1. The molecule has 302 valence electrons. The Kier molecular flexibility index (Phi) is 10.2. The molecule has 0 amide bonds. The van der Waals surface area contributed by atoms with Gasteiger partial charge in [0.15, 0.2) is 17.3 Å². The summed E-state index contributed by atoms with van der Waals surface area (Å²) in [7, 11) is 0. The number of hydrogen-bond acceptors (Lipinski definition) is 11. The molecule has 10 rings (SSSR count). The average molecular weight is 816 g/mol. The van der Waals surface area contributed by atoms with E-state index < -0.39 is 17.2 Å². The molecule has 4 N–H and O–H groups in total. The lowest BCUT2D eigenvalue weighted by atomic mass is 10.1.